The topological polar surface area (TPSA) is 88.6 Å². The van der Waals surface area contributed by atoms with E-state index in [1.165, 1.54) is 0 Å². The highest BCUT2D eigenvalue weighted by atomic mass is 35.5. The molecule has 3 aromatic carbocycles. The second-order valence-corrected chi connectivity index (χ2v) is 7.45. The van der Waals surface area contributed by atoms with Crippen molar-refractivity contribution in [3.8, 4) is 22.8 Å². The maximum Gasteiger partial charge on any atom is 0.289 e. The first-order chi connectivity index (χ1) is 16.1. The molecule has 0 bridgehead atoms. The van der Waals surface area contributed by atoms with Crippen molar-refractivity contribution >= 4 is 23.7 Å². The van der Waals surface area contributed by atoms with Crippen LogP contribution in [0.5, 0.6) is 11.5 Å². The molecule has 7 nitrogen and oxygen atoms in total. The van der Waals surface area contributed by atoms with E-state index in [1.807, 2.05) is 72.8 Å². The number of nitrogens with one attached hydrogen (secondary N) is 2. The van der Waals surface area contributed by atoms with Gasteiger partial charge in [-0.3, -0.25) is 9.89 Å². The lowest BCUT2D eigenvalue weighted by atomic mass is 10.1. The predicted molar refractivity (Wildman–Crippen MR) is 128 cm³/mol. The van der Waals surface area contributed by atoms with Gasteiger partial charge >= 0.3 is 0 Å². The lowest BCUT2D eigenvalue weighted by Gasteiger charge is -2.08. The van der Waals surface area contributed by atoms with E-state index in [0.717, 1.165) is 22.4 Å². The summed E-state index contributed by atoms with van der Waals surface area (Å²) < 4.78 is 10.9. The fourth-order valence-electron chi connectivity index (χ4n) is 3.00. The van der Waals surface area contributed by atoms with Crippen LogP contribution in [0.1, 0.15) is 21.6 Å². The SMILES string of the molecule is COc1ccc(C=NNC(=O)c2cc(-c3ccc(OCc4ccccc4Cl)cc3)n[nH]2)cc1. The Labute approximate surface area is 196 Å². The first-order valence-electron chi connectivity index (χ1n) is 10.1. The number of H-pyrrole nitrogens is 1. The average Bonchev–Trinajstić information content (AvgIpc) is 3.35. The molecule has 0 saturated carbocycles. The average molecular weight is 461 g/mol. The van der Waals surface area contributed by atoms with Gasteiger partial charge in [-0.25, -0.2) is 5.43 Å². The van der Waals surface area contributed by atoms with Crippen LogP contribution in [0.2, 0.25) is 5.02 Å². The van der Waals surface area contributed by atoms with Gasteiger partial charge in [0.05, 0.1) is 19.0 Å². The van der Waals surface area contributed by atoms with E-state index in [-0.39, 0.29) is 0 Å². The van der Waals surface area contributed by atoms with Crippen LogP contribution in [-0.4, -0.2) is 29.4 Å². The van der Waals surface area contributed by atoms with Crippen LogP contribution >= 0.6 is 11.6 Å². The maximum atomic E-state index is 12.3. The molecular weight excluding hydrogens is 440 g/mol. The van der Waals surface area contributed by atoms with Crippen LogP contribution in [-0.2, 0) is 6.61 Å². The molecule has 0 atom stereocenters. The van der Waals surface area contributed by atoms with Gasteiger partial charge in [0, 0.05) is 16.1 Å². The summed E-state index contributed by atoms with van der Waals surface area (Å²) in [6.45, 7) is 0.378. The van der Waals surface area contributed by atoms with Gasteiger partial charge in [0.2, 0.25) is 0 Å². The van der Waals surface area contributed by atoms with E-state index in [2.05, 4.69) is 20.7 Å². The minimum Gasteiger partial charge on any atom is -0.497 e. The quantitative estimate of drug-likeness (QED) is 0.283. The first kappa shape index (κ1) is 22.1. The third-order valence-electron chi connectivity index (χ3n) is 4.82. The number of nitrogens with zero attached hydrogens (tertiary/aromatic N) is 2. The molecule has 0 saturated heterocycles. The van der Waals surface area contributed by atoms with Gasteiger partial charge in [0.25, 0.3) is 5.91 Å². The zero-order valence-corrected chi connectivity index (χ0v) is 18.5. The number of halogens is 1. The largest absolute Gasteiger partial charge is 0.497 e. The summed E-state index contributed by atoms with van der Waals surface area (Å²) in [7, 11) is 1.60. The van der Waals surface area contributed by atoms with Crippen LogP contribution in [0.3, 0.4) is 0 Å². The Bertz CT molecular complexity index is 1250. The molecule has 1 amide bonds. The highest BCUT2D eigenvalue weighted by Gasteiger charge is 2.11. The van der Waals surface area contributed by atoms with Gasteiger partial charge in [-0.1, -0.05) is 29.8 Å². The number of ether oxygens (including phenoxy) is 2. The Balaban J connectivity index is 1.33. The van der Waals surface area contributed by atoms with Crippen molar-refractivity contribution in [2.75, 3.05) is 7.11 Å². The fraction of sp³-hybridized carbons (Fsp3) is 0.0800. The summed E-state index contributed by atoms with van der Waals surface area (Å²) in [4.78, 5) is 12.3. The normalized spacial score (nSPS) is 10.8. The number of aromatic amines is 1. The second kappa shape index (κ2) is 10.5. The summed E-state index contributed by atoms with van der Waals surface area (Å²) in [6, 6.07) is 24.0. The minimum absolute atomic E-state index is 0.302. The summed E-state index contributed by atoms with van der Waals surface area (Å²) in [5.74, 6) is 1.07. The highest BCUT2D eigenvalue weighted by molar-refractivity contribution is 6.31. The van der Waals surface area contributed by atoms with E-state index >= 15 is 0 Å². The number of hydrogen-bond donors (Lipinski definition) is 2. The monoisotopic (exact) mass is 460 g/mol. The van der Waals surface area contributed by atoms with Crippen LogP contribution in [0.15, 0.2) is 84.0 Å². The van der Waals surface area contributed by atoms with Crippen molar-refractivity contribution in [1.82, 2.24) is 15.6 Å². The Kier molecular flexibility index (Phi) is 7.02. The molecule has 1 aromatic heterocycles. The number of carbonyl (C=O) groups excluding carboxylic acids is 1. The standard InChI is InChI=1S/C25H21ClN4O3/c1-32-20-10-6-17(7-11-20)15-27-30-25(31)24-14-23(28-29-24)18-8-12-21(13-9-18)33-16-19-4-2-3-5-22(19)26/h2-15H,16H2,1H3,(H,28,29)(H,30,31). The summed E-state index contributed by atoms with van der Waals surface area (Å²) >= 11 is 6.16. The number of aromatic nitrogens is 2. The van der Waals surface area contributed by atoms with Crippen molar-refractivity contribution < 1.29 is 14.3 Å². The molecule has 8 heteroatoms. The van der Waals surface area contributed by atoms with E-state index < -0.39 is 5.91 Å². The van der Waals surface area contributed by atoms with Crippen molar-refractivity contribution in [3.63, 3.8) is 0 Å². The molecule has 1 heterocycles. The van der Waals surface area contributed by atoms with Gasteiger partial charge in [-0.2, -0.15) is 10.2 Å². The van der Waals surface area contributed by atoms with Crippen LogP contribution < -0.4 is 14.9 Å². The summed E-state index contributed by atoms with van der Waals surface area (Å²) in [5.41, 5.74) is 6.02. The highest BCUT2D eigenvalue weighted by Crippen LogP contribution is 2.23. The van der Waals surface area contributed by atoms with Gasteiger partial charge in [-0.05, 0) is 66.2 Å². The van der Waals surface area contributed by atoms with E-state index in [0.29, 0.717) is 28.8 Å². The zero-order chi connectivity index (χ0) is 23.0. The molecule has 2 N–H and O–H groups in total. The molecule has 0 unspecified atom stereocenters. The van der Waals surface area contributed by atoms with E-state index in [1.54, 1.807) is 19.4 Å². The Hall–Kier alpha value is -4.10. The van der Waals surface area contributed by atoms with Crippen molar-refractivity contribution in [1.29, 1.82) is 0 Å². The summed E-state index contributed by atoms with van der Waals surface area (Å²) in [6.07, 6.45) is 1.55. The molecule has 0 aliphatic carbocycles. The number of hydrogen-bond acceptors (Lipinski definition) is 5. The number of carbonyl (C=O) groups is 1. The lowest BCUT2D eigenvalue weighted by molar-refractivity contribution is 0.0950. The van der Waals surface area contributed by atoms with E-state index in [9.17, 15) is 4.79 Å². The predicted octanol–water partition coefficient (Wildman–Crippen LogP) is 5.08. The Morgan fingerprint density at radius 3 is 2.52 bits per heavy atom. The molecule has 0 aliphatic heterocycles. The van der Waals surface area contributed by atoms with Crippen molar-refractivity contribution in [2.45, 2.75) is 6.61 Å². The number of hydrazone groups is 1. The second-order valence-electron chi connectivity index (χ2n) is 7.04. The van der Waals surface area contributed by atoms with E-state index in [4.69, 9.17) is 21.1 Å². The lowest BCUT2D eigenvalue weighted by Crippen LogP contribution is -2.17. The third kappa shape index (κ3) is 5.78. The number of methoxy groups -OCH3 is 1. The molecule has 0 radical (unpaired) electrons. The summed E-state index contributed by atoms with van der Waals surface area (Å²) in [5, 5.41) is 11.6. The van der Waals surface area contributed by atoms with Gasteiger partial charge in [0.1, 0.15) is 23.8 Å². The smallest absolute Gasteiger partial charge is 0.289 e. The Morgan fingerprint density at radius 2 is 1.79 bits per heavy atom. The minimum atomic E-state index is -0.391. The Morgan fingerprint density at radius 1 is 1.06 bits per heavy atom. The number of benzene rings is 3. The number of rotatable bonds is 8. The van der Waals surface area contributed by atoms with Crippen LogP contribution in [0, 0.1) is 0 Å². The molecule has 0 fully saturated rings. The molecular formula is C25H21ClN4O3. The third-order valence-corrected chi connectivity index (χ3v) is 5.19. The fourth-order valence-corrected chi connectivity index (χ4v) is 3.19. The molecule has 0 aliphatic rings. The molecule has 166 valence electrons. The zero-order valence-electron chi connectivity index (χ0n) is 17.8. The van der Waals surface area contributed by atoms with Crippen LogP contribution in [0.25, 0.3) is 11.3 Å². The molecule has 33 heavy (non-hydrogen) atoms. The molecule has 4 rings (SSSR count). The van der Waals surface area contributed by atoms with Crippen molar-refractivity contribution in [3.05, 3.63) is 101 Å². The maximum absolute atomic E-state index is 12.3. The molecule has 4 aromatic rings. The van der Waals surface area contributed by atoms with Gasteiger partial charge in [-0.15, -0.1) is 0 Å². The van der Waals surface area contributed by atoms with Gasteiger partial charge < -0.3 is 9.47 Å². The van der Waals surface area contributed by atoms with Crippen molar-refractivity contribution in [2.24, 2.45) is 5.10 Å². The van der Waals surface area contributed by atoms with Crippen LogP contribution in [0.4, 0.5) is 0 Å². The number of amides is 1. The molecule has 0 spiro atoms. The first-order valence-corrected chi connectivity index (χ1v) is 10.5. The van der Waals surface area contributed by atoms with Gasteiger partial charge in [0.15, 0.2) is 0 Å².